The number of rotatable bonds is 5. The van der Waals surface area contributed by atoms with E-state index in [1.807, 2.05) is 0 Å². The molecule has 0 unspecified atom stereocenters. The zero-order chi connectivity index (χ0) is 18.2. The van der Waals surface area contributed by atoms with Crippen LogP contribution >= 0.6 is 11.6 Å². The fourth-order valence-electron chi connectivity index (χ4n) is 2.57. The SMILES string of the molecule is Cn1cnc(S(=O)(=O)Nc2ccc(Cl)c(S(=O)(=O)N3CCCC3)c2)c1. The van der Waals surface area contributed by atoms with Crippen LogP contribution in [0, 0.1) is 0 Å². The number of hydrogen-bond donors (Lipinski definition) is 1. The quantitative estimate of drug-likeness (QED) is 0.816. The van der Waals surface area contributed by atoms with Gasteiger partial charge in [0.15, 0.2) is 5.03 Å². The lowest BCUT2D eigenvalue weighted by Crippen LogP contribution is -2.28. The maximum absolute atomic E-state index is 12.7. The summed E-state index contributed by atoms with van der Waals surface area (Å²) in [7, 11) is -6.03. The van der Waals surface area contributed by atoms with Crippen LogP contribution in [0.2, 0.25) is 5.02 Å². The molecular formula is C14H17ClN4O4S2. The Morgan fingerprint density at radius 3 is 2.44 bits per heavy atom. The van der Waals surface area contributed by atoms with Gasteiger partial charge in [-0.15, -0.1) is 0 Å². The van der Waals surface area contributed by atoms with Crippen molar-refractivity contribution >= 4 is 37.3 Å². The van der Waals surface area contributed by atoms with Gasteiger partial charge in [-0.25, -0.2) is 13.4 Å². The number of hydrogen-bond acceptors (Lipinski definition) is 5. The van der Waals surface area contributed by atoms with E-state index in [4.69, 9.17) is 11.6 Å². The molecule has 1 aromatic heterocycles. The third kappa shape index (κ3) is 3.66. The number of benzene rings is 1. The molecule has 0 saturated carbocycles. The molecule has 0 spiro atoms. The normalized spacial score (nSPS) is 16.2. The predicted octanol–water partition coefficient (Wildman–Crippen LogP) is 1.66. The van der Waals surface area contributed by atoms with Crippen molar-refractivity contribution in [3.63, 3.8) is 0 Å². The molecule has 0 amide bonds. The van der Waals surface area contributed by atoms with E-state index in [1.165, 1.54) is 39.6 Å². The lowest BCUT2D eigenvalue weighted by atomic mass is 10.3. The molecule has 1 fully saturated rings. The minimum atomic E-state index is -3.92. The van der Waals surface area contributed by atoms with E-state index in [9.17, 15) is 16.8 Å². The molecule has 0 aliphatic carbocycles. The summed E-state index contributed by atoms with van der Waals surface area (Å²) < 4.78 is 55.2. The van der Waals surface area contributed by atoms with Crippen LogP contribution in [0.25, 0.3) is 0 Å². The second-order valence-electron chi connectivity index (χ2n) is 5.74. The van der Waals surface area contributed by atoms with Crippen LogP contribution in [-0.2, 0) is 27.1 Å². The number of nitrogens with zero attached hydrogens (tertiary/aromatic N) is 3. The molecular weight excluding hydrogens is 388 g/mol. The van der Waals surface area contributed by atoms with E-state index in [2.05, 4.69) is 9.71 Å². The first-order valence-corrected chi connectivity index (χ1v) is 10.8. The second-order valence-corrected chi connectivity index (χ2v) is 9.68. The van der Waals surface area contributed by atoms with Crippen molar-refractivity contribution in [2.75, 3.05) is 17.8 Å². The summed E-state index contributed by atoms with van der Waals surface area (Å²) in [5.41, 5.74) is 0.104. The fourth-order valence-corrected chi connectivity index (χ4v) is 5.62. The highest BCUT2D eigenvalue weighted by atomic mass is 35.5. The Morgan fingerprint density at radius 1 is 1.16 bits per heavy atom. The molecule has 0 atom stereocenters. The second kappa shape index (κ2) is 6.60. The number of sulfonamides is 2. The van der Waals surface area contributed by atoms with Crippen molar-refractivity contribution < 1.29 is 16.8 Å². The average Bonchev–Trinajstić information content (AvgIpc) is 3.20. The fraction of sp³-hybridized carbons (Fsp3) is 0.357. The highest BCUT2D eigenvalue weighted by Crippen LogP contribution is 2.30. The predicted molar refractivity (Wildman–Crippen MR) is 93.5 cm³/mol. The van der Waals surface area contributed by atoms with Crippen molar-refractivity contribution in [2.45, 2.75) is 22.8 Å². The average molecular weight is 405 g/mol. The monoisotopic (exact) mass is 404 g/mol. The number of aromatic nitrogens is 2. The molecule has 1 N–H and O–H groups in total. The molecule has 0 radical (unpaired) electrons. The third-order valence-electron chi connectivity index (χ3n) is 3.82. The number of nitrogens with one attached hydrogen (secondary N) is 1. The van der Waals surface area contributed by atoms with Crippen LogP contribution in [0.3, 0.4) is 0 Å². The summed E-state index contributed by atoms with van der Waals surface area (Å²) in [5, 5.41) is -0.110. The van der Waals surface area contributed by atoms with Gasteiger partial charge in [-0.1, -0.05) is 11.6 Å². The van der Waals surface area contributed by atoms with E-state index < -0.39 is 20.0 Å². The maximum atomic E-state index is 12.7. The zero-order valence-electron chi connectivity index (χ0n) is 13.4. The molecule has 1 aromatic carbocycles. The van der Waals surface area contributed by atoms with Crippen LogP contribution in [-0.4, -0.2) is 43.8 Å². The topological polar surface area (TPSA) is 101 Å². The molecule has 2 heterocycles. The van der Waals surface area contributed by atoms with Crippen molar-refractivity contribution in [2.24, 2.45) is 7.05 Å². The zero-order valence-corrected chi connectivity index (χ0v) is 15.8. The first-order valence-electron chi connectivity index (χ1n) is 7.51. The van der Waals surface area contributed by atoms with E-state index >= 15 is 0 Å². The van der Waals surface area contributed by atoms with Gasteiger partial charge in [0.1, 0.15) is 4.90 Å². The standard InChI is InChI=1S/C14H17ClN4O4S2/c1-18-9-14(16-10-18)24(20,21)17-11-4-5-12(15)13(8-11)25(22,23)19-6-2-3-7-19/h4-5,8-10,17H,2-3,6-7H2,1H3. The third-order valence-corrected chi connectivity index (χ3v) is 7.47. The van der Waals surface area contributed by atoms with Crippen LogP contribution in [0.5, 0.6) is 0 Å². The summed E-state index contributed by atoms with van der Waals surface area (Å²) in [6.07, 6.45) is 4.30. The Kier molecular flexibility index (Phi) is 4.80. The number of imidazole rings is 1. The van der Waals surface area contributed by atoms with Gasteiger partial charge in [-0.2, -0.15) is 12.7 Å². The van der Waals surface area contributed by atoms with Crippen LogP contribution in [0.1, 0.15) is 12.8 Å². The maximum Gasteiger partial charge on any atom is 0.280 e. The highest BCUT2D eigenvalue weighted by molar-refractivity contribution is 7.92. The Labute approximate surface area is 151 Å². The molecule has 25 heavy (non-hydrogen) atoms. The van der Waals surface area contributed by atoms with Gasteiger partial charge < -0.3 is 4.57 Å². The van der Waals surface area contributed by atoms with E-state index in [1.54, 1.807) is 7.05 Å². The van der Waals surface area contributed by atoms with Crippen LogP contribution < -0.4 is 4.72 Å². The van der Waals surface area contributed by atoms with E-state index in [0.29, 0.717) is 13.1 Å². The van der Waals surface area contributed by atoms with Gasteiger partial charge in [0.2, 0.25) is 10.0 Å². The van der Waals surface area contributed by atoms with Crippen LogP contribution in [0.4, 0.5) is 5.69 Å². The molecule has 8 nitrogen and oxygen atoms in total. The minimum absolute atomic E-state index is 0.0488. The summed E-state index contributed by atoms with van der Waals surface area (Å²) >= 11 is 6.05. The lowest BCUT2D eigenvalue weighted by Gasteiger charge is -2.17. The largest absolute Gasteiger partial charge is 0.339 e. The summed E-state index contributed by atoms with van der Waals surface area (Å²) in [4.78, 5) is 3.68. The summed E-state index contributed by atoms with van der Waals surface area (Å²) in [6.45, 7) is 0.866. The van der Waals surface area contributed by atoms with Gasteiger partial charge in [0, 0.05) is 26.3 Å². The molecule has 1 saturated heterocycles. The number of aryl methyl sites for hydroxylation is 1. The molecule has 1 aliphatic rings. The lowest BCUT2D eigenvalue weighted by molar-refractivity contribution is 0.477. The van der Waals surface area contributed by atoms with Gasteiger partial charge in [-0.05, 0) is 31.0 Å². The first-order chi connectivity index (χ1) is 11.7. The van der Waals surface area contributed by atoms with E-state index in [-0.39, 0.29) is 20.6 Å². The van der Waals surface area contributed by atoms with Gasteiger partial charge in [0.05, 0.1) is 17.0 Å². The van der Waals surface area contributed by atoms with Crippen molar-refractivity contribution in [1.29, 1.82) is 0 Å². The van der Waals surface area contributed by atoms with Crippen molar-refractivity contribution in [3.05, 3.63) is 35.7 Å². The smallest absolute Gasteiger partial charge is 0.280 e. The molecule has 11 heteroatoms. The summed E-state index contributed by atoms with van der Waals surface area (Å²) in [5.74, 6) is 0. The molecule has 1 aliphatic heterocycles. The van der Waals surface area contributed by atoms with E-state index in [0.717, 1.165) is 12.8 Å². The Hall–Kier alpha value is -1.62. The number of halogens is 1. The van der Waals surface area contributed by atoms with Crippen molar-refractivity contribution in [3.8, 4) is 0 Å². The summed E-state index contributed by atoms with van der Waals surface area (Å²) in [6, 6.07) is 4.00. The van der Waals surface area contributed by atoms with Crippen molar-refractivity contribution in [1.82, 2.24) is 13.9 Å². The van der Waals surface area contributed by atoms with Gasteiger partial charge >= 0.3 is 0 Å². The Balaban J connectivity index is 1.94. The molecule has 3 rings (SSSR count). The molecule has 2 aromatic rings. The Morgan fingerprint density at radius 2 is 1.84 bits per heavy atom. The first kappa shape index (κ1) is 18.2. The Bertz CT molecular complexity index is 996. The highest BCUT2D eigenvalue weighted by Gasteiger charge is 2.29. The minimum Gasteiger partial charge on any atom is -0.339 e. The molecule has 0 bridgehead atoms. The van der Waals surface area contributed by atoms with Gasteiger partial charge in [-0.3, -0.25) is 4.72 Å². The van der Waals surface area contributed by atoms with Gasteiger partial charge in [0.25, 0.3) is 10.0 Å². The number of anilines is 1. The van der Waals surface area contributed by atoms with Crippen LogP contribution in [0.15, 0.2) is 40.6 Å². The molecule has 136 valence electrons.